The van der Waals surface area contributed by atoms with Crippen LogP contribution in [0.1, 0.15) is 22.3 Å². The minimum absolute atomic E-state index is 0.871. The van der Waals surface area contributed by atoms with Crippen LogP contribution < -0.4 is 9.80 Å². The van der Waals surface area contributed by atoms with Crippen LogP contribution in [0.25, 0.3) is 98.8 Å². The van der Waals surface area contributed by atoms with Crippen LogP contribution in [0.3, 0.4) is 0 Å². The molecule has 0 aliphatic carbocycles. The first-order chi connectivity index (χ1) is 37.3. The van der Waals surface area contributed by atoms with Gasteiger partial charge in [-0.05, 0) is 167 Å². The quantitative estimate of drug-likeness (QED) is 0.144. The first-order valence-electron chi connectivity index (χ1n) is 26.1. The molecule has 0 saturated carbocycles. The summed E-state index contributed by atoms with van der Waals surface area (Å²) in [4.78, 5) is 4.93. The Balaban J connectivity index is 0.924. The zero-order valence-electron chi connectivity index (χ0n) is 42.8. The standard InChI is InChI=1S/C72H52N2O2/c1-45-17-13-29-61(57-27-15-21-49-19-5-7-23-55(49)57)71(45)73(53-35-39-69-63(43-53)59-25-9-11-31-67(59)75-69)65-37-33-51(41-47(65)3)52-34-38-66(48(4)42-52)74(54-36-40-70-64(44-54)60-26-10-12-32-68(60)76-70)72-46(2)18-14-30-62(72)58-28-16-22-50-20-6-8-24-56(50)58/h5-44H,1-4H3. The Morgan fingerprint density at radius 2 is 0.632 bits per heavy atom. The van der Waals surface area contributed by atoms with Crippen LogP contribution in [-0.2, 0) is 0 Å². The second-order valence-electron chi connectivity index (χ2n) is 20.2. The van der Waals surface area contributed by atoms with Crippen LogP contribution in [0.2, 0.25) is 0 Å². The molecule has 0 aliphatic rings. The Bertz CT molecular complexity index is 4310. The van der Waals surface area contributed by atoms with E-state index in [1.54, 1.807) is 0 Å². The average molecular weight is 977 g/mol. The Kier molecular flexibility index (Phi) is 10.7. The summed E-state index contributed by atoms with van der Waals surface area (Å²) < 4.78 is 12.8. The number of furan rings is 2. The molecule has 76 heavy (non-hydrogen) atoms. The van der Waals surface area contributed by atoms with Crippen molar-refractivity contribution in [1.82, 2.24) is 0 Å². The van der Waals surface area contributed by atoms with Crippen molar-refractivity contribution in [2.75, 3.05) is 9.80 Å². The highest BCUT2D eigenvalue weighted by molar-refractivity contribution is 6.10. The Morgan fingerprint density at radius 3 is 1.08 bits per heavy atom. The minimum atomic E-state index is 0.871. The first-order valence-corrected chi connectivity index (χ1v) is 26.1. The van der Waals surface area contributed by atoms with Gasteiger partial charge in [-0.2, -0.15) is 0 Å². The number of aryl methyl sites for hydroxylation is 4. The Morgan fingerprint density at radius 1 is 0.263 bits per heavy atom. The van der Waals surface area contributed by atoms with Crippen LogP contribution in [0.4, 0.5) is 34.1 Å². The van der Waals surface area contributed by atoms with Gasteiger partial charge in [0.25, 0.3) is 0 Å². The fraction of sp³-hybridized carbons (Fsp3) is 0.0556. The zero-order chi connectivity index (χ0) is 51.0. The van der Waals surface area contributed by atoms with Crippen molar-refractivity contribution in [1.29, 1.82) is 0 Å². The van der Waals surface area contributed by atoms with E-state index in [0.717, 1.165) is 100 Å². The molecule has 0 fully saturated rings. The molecule has 14 rings (SSSR count). The number of hydrogen-bond donors (Lipinski definition) is 0. The number of nitrogens with zero attached hydrogens (tertiary/aromatic N) is 2. The van der Waals surface area contributed by atoms with Gasteiger partial charge in [-0.1, -0.05) is 170 Å². The molecule has 0 atom stereocenters. The maximum Gasteiger partial charge on any atom is 0.135 e. The second-order valence-corrected chi connectivity index (χ2v) is 20.2. The van der Waals surface area contributed by atoms with Crippen LogP contribution in [0.5, 0.6) is 0 Å². The first kappa shape index (κ1) is 45.0. The normalized spacial score (nSPS) is 11.7. The molecule has 0 unspecified atom stereocenters. The molecule has 0 bridgehead atoms. The van der Waals surface area contributed by atoms with Gasteiger partial charge >= 0.3 is 0 Å². The summed E-state index contributed by atoms with van der Waals surface area (Å²) >= 11 is 0. The van der Waals surface area contributed by atoms with E-state index in [4.69, 9.17) is 8.83 Å². The average Bonchev–Trinajstić information content (AvgIpc) is 4.09. The van der Waals surface area contributed by atoms with Gasteiger partial charge in [0.2, 0.25) is 0 Å². The topological polar surface area (TPSA) is 32.8 Å². The molecular weight excluding hydrogens is 925 g/mol. The highest BCUT2D eigenvalue weighted by Gasteiger charge is 2.26. The molecule has 0 saturated heterocycles. The molecule has 0 radical (unpaired) electrons. The molecule has 4 heteroatoms. The van der Waals surface area contributed by atoms with Crippen molar-refractivity contribution in [3.05, 3.63) is 265 Å². The number of rotatable bonds is 9. The predicted octanol–water partition coefficient (Wildman–Crippen LogP) is 21.0. The van der Waals surface area contributed by atoms with E-state index in [1.807, 2.05) is 12.1 Å². The lowest BCUT2D eigenvalue weighted by molar-refractivity contribution is 0.668. The lowest BCUT2D eigenvalue weighted by Gasteiger charge is -2.32. The largest absolute Gasteiger partial charge is 0.456 e. The van der Waals surface area contributed by atoms with Crippen molar-refractivity contribution in [3.8, 4) is 33.4 Å². The van der Waals surface area contributed by atoms with Gasteiger partial charge in [-0.25, -0.2) is 0 Å². The fourth-order valence-electron chi connectivity index (χ4n) is 11.9. The van der Waals surface area contributed by atoms with Gasteiger partial charge in [-0.3, -0.25) is 0 Å². The molecule has 4 nitrogen and oxygen atoms in total. The van der Waals surface area contributed by atoms with Crippen LogP contribution in [0, 0.1) is 27.7 Å². The lowest BCUT2D eigenvalue weighted by Crippen LogP contribution is -2.14. The highest BCUT2D eigenvalue weighted by atomic mass is 16.3. The number of para-hydroxylation sites is 4. The van der Waals surface area contributed by atoms with Gasteiger partial charge in [-0.15, -0.1) is 0 Å². The smallest absolute Gasteiger partial charge is 0.135 e. The molecule has 2 heterocycles. The maximum atomic E-state index is 6.39. The molecular formula is C72H52N2O2. The van der Waals surface area contributed by atoms with Crippen molar-refractivity contribution in [3.63, 3.8) is 0 Å². The van der Waals surface area contributed by atoms with E-state index >= 15 is 0 Å². The van der Waals surface area contributed by atoms with E-state index < -0.39 is 0 Å². The Hall–Kier alpha value is -9.64. The van der Waals surface area contributed by atoms with Crippen molar-refractivity contribution in [2.24, 2.45) is 0 Å². The third-order valence-corrected chi connectivity index (χ3v) is 15.5. The van der Waals surface area contributed by atoms with Gasteiger partial charge in [0.05, 0.1) is 11.4 Å². The summed E-state index contributed by atoms with van der Waals surface area (Å²) in [6.07, 6.45) is 0. The third kappa shape index (κ3) is 7.44. The third-order valence-electron chi connectivity index (χ3n) is 15.5. The van der Waals surface area contributed by atoms with Crippen molar-refractivity contribution >= 4 is 99.5 Å². The minimum Gasteiger partial charge on any atom is -0.456 e. The summed E-state index contributed by atoms with van der Waals surface area (Å²) in [5.41, 5.74) is 21.8. The van der Waals surface area contributed by atoms with E-state index in [1.165, 1.54) is 54.9 Å². The van der Waals surface area contributed by atoms with Crippen LogP contribution >= 0.6 is 0 Å². The van der Waals surface area contributed by atoms with E-state index in [9.17, 15) is 0 Å². The van der Waals surface area contributed by atoms with E-state index in [2.05, 4.69) is 268 Å². The van der Waals surface area contributed by atoms with Crippen molar-refractivity contribution in [2.45, 2.75) is 27.7 Å². The molecule has 2 aromatic heterocycles. The van der Waals surface area contributed by atoms with Gasteiger partial charge in [0.15, 0.2) is 0 Å². The second kappa shape index (κ2) is 18.1. The molecule has 0 spiro atoms. The number of benzene rings is 12. The highest BCUT2D eigenvalue weighted by Crippen LogP contribution is 2.50. The molecule has 362 valence electrons. The Labute approximate surface area is 441 Å². The maximum absolute atomic E-state index is 6.39. The zero-order valence-corrected chi connectivity index (χ0v) is 42.8. The summed E-state index contributed by atoms with van der Waals surface area (Å²) in [6, 6.07) is 87.9. The summed E-state index contributed by atoms with van der Waals surface area (Å²) in [6.45, 7) is 8.97. The lowest BCUT2D eigenvalue weighted by atomic mass is 9.93. The molecule has 0 N–H and O–H groups in total. The number of hydrogen-bond acceptors (Lipinski definition) is 4. The summed E-state index contributed by atoms with van der Waals surface area (Å²) in [5, 5.41) is 9.26. The fourth-order valence-corrected chi connectivity index (χ4v) is 11.9. The molecule has 0 amide bonds. The van der Waals surface area contributed by atoms with Gasteiger partial charge in [0.1, 0.15) is 22.3 Å². The predicted molar refractivity (Wildman–Crippen MR) is 321 cm³/mol. The van der Waals surface area contributed by atoms with Gasteiger partial charge in [0, 0.05) is 55.4 Å². The summed E-state index contributed by atoms with van der Waals surface area (Å²) in [5.74, 6) is 0. The molecule has 14 aromatic rings. The van der Waals surface area contributed by atoms with E-state index in [0.29, 0.717) is 0 Å². The number of fused-ring (bicyclic) bond motifs is 8. The van der Waals surface area contributed by atoms with Crippen LogP contribution in [0.15, 0.2) is 251 Å². The van der Waals surface area contributed by atoms with Crippen molar-refractivity contribution < 1.29 is 8.83 Å². The monoisotopic (exact) mass is 976 g/mol. The SMILES string of the molecule is Cc1cc(-c2ccc(N(c3ccc4oc5ccccc5c4c3)c3c(C)cccc3-c3cccc4ccccc34)c(C)c2)ccc1N(c1ccc2oc3ccccc3c2c1)c1c(C)cccc1-c1cccc2ccccc12. The molecule has 0 aliphatic heterocycles. The van der Waals surface area contributed by atoms with E-state index in [-0.39, 0.29) is 0 Å². The number of anilines is 6. The summed E-state index contributed by atoms with van der Waals surface area (Å²) in [7, 11) is 0. The molecule has 12 aromatic carbocycles. The van der Waals surface area contributed by atoms with Crippen LogP contribution in [-0.4, -0.2) is 0 Å². The van der Waals surface area contributed by atoms with Gasteiger partial charge < -0.3 is 18.6 Å².